The van der Waals surface area contributed by atoms with E-state index in [0.717, 1.165) is 37.0 Å². The number of imidazole rings is 1. The van der Waals surface area contributed by atoms with Crippen molar-refractivity contribution in [1.82, 2.24) is 14.7 Å². The normalized spacial score (nSPS) is 11.2. The van der Waals surface area contributed by atoms with E-state index in [4.69, 9.17) is 9.47 Å². The molecular formula is C11H17N3O2S. The Balaban J connectivity index is 1.98. The van der Waals surface area contributed by atoms with Crippen molar-refractivity contribution in [2.45, 2.75) is 13.5 Å². The molecule has 0 saturated heterocycles. The predicted octanol–water partition coefficient (Wildman–Crippen LogP) is 1.53. The average Bonchev–Trinajstić information content (AvgIpc) is 2.90. The molecule has 0 spiro atoms. The van der Waals surface area contributed by atoms with Crippen LogP contribution in [0, 0.1) is 0 Å². The Morgan fingerprint density at radius 3 is 3.18 bits per heavy atom. The Morgan fingerprint density at radius 1 is 1.53 bits per heavy atom. The number of methoxy groups -OCH3 is 1. The summed E-state index contributed by atoms with van der Waals surface area (Å²) >= 11 is 1.60. The molecule has 0 saturated carbocycles. The van der Waals surface area contributed by atoms with Crippen molar-refractivity contribution in [2.75, 3.05) is 26.9 Å². The highest BCUT2D eigenvalue weighted by molar-refractivity contribution is 7.15. The zero-order valence-electron chi connectivity index (χ0n) is 10.1. The fraction of sp³-hybridized carbons (Fsp3) is 0.545. The number of ether oxygens (including phenoxy) is 2. The minimum atomic E-state index is 0.695. The van der Waals surface area contributed by atoms with Crippen molar-refractivity contribution < 1.29 is 9.47 Å². The molecule has 94 valence electrons. The number of hydrogen-bond acceptors (Lipinski definition) is 5. The lowest BCUT2D eigenvalue weighted by molar-refractivity contribution is 0.149. The minimum Gasteiger partial charge on any atom is -0.480 e. The molecule has 0 radical (unpaired) electrons. The second kappa shape index (κ2) is 6.00. The molecule has 0 aliphatic carbocycles. The molecule has 2 heterocycles. The molecule has 0 aliphatic rings. The first-order valence-corrected chi connectivity index (χ1v) is 6.51. The molecule has 2 aromatic rings. The fourth-order valence-corrected chi connectivity index (χ4v) is 2.36. The molecule has 0 atom stereocenters. The second-order valence-electron chi connectivity index (χ2n) is 3.50. The van der Waals surface area contributed by atoms with Gasteiger partial charge in [-0.3, -0.25) is 4.40 Å². The van der Waals surface area contributed by atoms with Crippen LogP contribution in [0.15, 0.2) is 11.6 Å². The number of aromatic nitrogens is 2. The maximum atomic E-state index is 5.27. The van der Waals surface area contributed by atoms with Gasteiger partial charge in [-0.25, -0.2) is 0 Å². The van der Waals surface area contributed by atoms with Crippen LogP contribution in [-0.4, -0.2) is 36.3 Å². The van der Waals surface area contributed by atoms with Crippen LogP contribution in [0.4, 0.5) is 0 Å². The maximum Gasteiger partial charge on any atom is 0.237 e. The average molecular weight is 255 g/mol. The van der Waals surface area contributed by atoms with Gasteiger partial charge in [-0.05, 0) is 6.92 Å². The van der Waals surface area contributed by atoms with Crippen molar-refractivity contribution in [3.8, 4) is 5.88 Å². The first-order chi connectivity index (χ1) is 8.36. The molecular weight excluding hydrogens is 238 g/mol. The van der Waals surface area contributed by atoms with Crippen LogP contribution >= 0.6 is 11.3 Å². The number of hydrogen-bond donors (Lipinski definition) is 1. The molecule has 6 heteroatoms. The topological polar surface area (TPSA) is 47.8 Å². The molecule has 0 amide bonds. The first kappa shape index (κ1) is 12.3. The Labute approximate surface area is 104 Å². The highest BCUT2D eigenvalue weighted by Crippen LogP contribution is 2.22. The SMILES string of the molecule is CCOCCNCc1c(OC)nc2sccn12. The van der Waals surface area contributed by atoms with Crippen molar-refractivity contribution >= 4 is 16.3 Å². The van der Waals surface area contributed by atoms with Crippen molar-refractivity contribution in [1.29, 1.82) is 0 Å². The van der Waals surface area contributed by atoms with E-state index >= 15 is 0 Å². The number of thiazole rings is 1. The van der Waals surface area contributed by atoms with Gasteiger partial charge in [0, 0.05) is 31.3 Å². The minimum absolute atomic E-state index is 0.695. The summed E-state index contributed by atoms with van der Waals surface area (Å²) in [7, 11) is 1.65. The molecule has 2 rings (SSSR count). The van der Waals surface area contributed by atoms with Gasteiger partial charge in [0.25, 0.3) is 0 Å². The highest BCUT2D eigenvalue weighted by Gasteiger charge is 2.12. The smallest absolute Gasteiger partial charge is 0.237 e. The van der Waals surface area contributed by atoms with Crippen LogP contribution in [0.1, 0.15) is 12.6 Å². The Hall–Kier alpha value is -1.11. The van der Waals surface area contributed by atoms with E-state index in [2.05, 4.69) is 14.7 Å². The van der Waals surface area contributed by atoms with Gasteiger partial charge < -0.3 is 14.8 Å². The van der Waals surface area contributed by atoms with Crippen molar-refractivity contribution in [2.24, 2.45) is 0 Å². The lowest BCUT2D eigenvalue weighted by atomic mass is 10.4. The second-order valence-corrected chi connectivity index (χ2v) is 4.37. The summed E-state index contributed by atoms with van der Waals surface area (Å²) in [5.41, 5.74) is 1.06. The lowest BCUT2D eigenvalue weighted by Gasteiger charge is -2.05. The van der Waals surface area contributed by atoms with Gasteiger partial charge in [0.05, 0.1) is 13.7 Å². The van der Waals surface area contributed by atoms with Crippen LogP contribution in [0.25, 0.3) is 4.96 Å². The predicted molar refractivity (Wildman–Crippen MR) is 67.8 cm³/mol. The van der Waals surface area contributed by atoms with Gasteiger partial charge in [-0.15, -0.1) is 11.3 Å². The Kier molecular flexibility index (Phi) is 4.36. The summed E-state index contributed by atoms with van der Waals surface area (Å²) in [6.45, 7) is 5.04. The van der Waals surface area contributed by atoms with Gasteiger partial charge >= 0.3 is 0 Å². The lowest BCUT2D eigenvalue weighted by Crippen LogP contribution is -2.20. The van der Waals surface area contributed by atoms with E-state index in [0.29, 0.717) is 5.88 Å². The summed E-state index contributed by atoms with van der Waals surface area (Å²) in [5.74, 6) is 0.695. The van der Waals surface area contributed by atoms with E-state index in [9.17, 15) is 0 Å². The molecule has 17 heavy (non-hydrogen) atoms. The zero-order chi connectivity index (χ0) is 12.1. The number of nitrogens with one attached hydrogen (secondary N) is 1. The van der Waals surface area contributed by atoms with Crippen LogP contribution in [0.3, 0.4) is 0 Å². The van der Waals surface area contributed by atoms with Gasteiger partial charge in [0.1, 0.15) is 5.69 Å². The van der Waals surface area contributed by atoms with E-state index in [1.54, 1.807) is 18.4 Å². The van der Waals surface area contributed by atoms with Gasteiger partial charge in [-0.2, -0.15) is 4.98 Å². The van der Waals surface area contributed by atoms with Crippen molar-refractivity contribution in [3.05, 3.63) is 17.3 Å². The van der Waals surface area contributed by atoms with Crippen LogP contribution in [0.2, 0.25) is 0 Å². The third-order valence-electron chi connectivity index (χ3n) is 2.44. The monoisotopic (exact) mass is 255 g/mol. The zero-order valence-corrected chi connectivity index (χ0v) is 10.9. The summed E-state index contributed by atoms with van der Waals surface area (Å²) in [4.78, 5) is 5.36. The highest BCUT2D eigenvalue weighted by atomic mass is 32.1. The Bertz CT molecular complexity index is 466. The summed E-state index contributed by atoms with van der Waals surface area (Å²) in [6.07, 6.45) is 2.01. The maximum absolute atomic E-state index is 5.27. The van der Waals surface area contributed by atoms with Crippen LogP contribution in [0.5, 0.6) is 5.88 Å². The van der Waals surface area contributed by atoms with E-state index in [-0.39, 0.29) is 0 Å². The molecule has 0 aliphatic heterocycles. The number of nitrogens with zero attached hydrogens (tertiary/aromatic N) is 2. The molecule has 2 aromatic heterocycles. The van der Waals surface area contributed by atoms with Gasteiger partial charge in [-0.1, -0.05) is 0 Å². The number of rotatable bonds is 7. The van der Waals surface area contributed by atoms with Gasteiger partial charge in [0.15, 0.2) is 4.96 Å². The molecule has 5 nitrogen and oxygen atoms in total. The van der Waals surface area contributed by atoms with E-state index in [1.807, 2.05) is 18.5 Å². The van der Waals surface area contributed by atoms with Crippen LogP contribution < -0.4 is 10.1 Å². The molecule has 1 N–H and O–H groups in total. The summed E-state index contributed by atoms with van der Waals surface area (Å²) in [5, 5.41) is 5.34. The number of fused-ring (bicyclic) bond motifs is 1. The van der Waals surface area contributed by atoms with Gasteiger partial charge in [0.2, 0.25) is 5.88 Å². The first-order valence-electron chi connectivity index (χ1n) is 5.63. The van der Waals surface area contributed by atoms with Crippen LogP contribution in [-0.2, 0) is 11.3 Å². The Morgan fingerprint density at radius 2 is 2.41 bits per heavy atom. The third-order valence-corrected chi connectivity index (χ3v) is 3.19. The fourth-order valence-electron chi connectivity index (χ4n) is 1.63. The largest absolute Gasteiger partial charge is 0.480 e. The quantitative estimate of drug-likeness (QED) is 0.762. The summed E-state index contributed by atoms with van der Waals surface area (Å²) in [6, 6.07) is 0. The van der Waals surface area contributed by atoms with Crippen molar-refractivity contribution in [3.63, 3.8) is 0 Å². The molecule has 0 unspecified atom stereocenters. The van der Waals surface area contributed by atoms with E-state index < -0.39 is 0 Å². The summed E-state index contributed by atoms with van der Waals surface area (Å²) < 4.78 is 12.6. The standard InChI is InChI=1S/C11H17N3O2S/c1-3-16-6-4-12-8-9-10(15-2)13-11-14(9)5-7-17-11/h5,7,12H,3-4,6,8H2,1-2H3. The molecule has 0 bridgehead atoms. The molecule has 0 fully saturated rings. The third kappa shape index (κ3) is 2.77. The van der Waals surface area contributed by atoms with E-state index in [1.165, 1.54) is 0 Å². The molecule has 0 aromatic carbocycles.